The number of pyridine rings is 1. The van der Waals surface area contributed by atoms with Crippen molar-refractivity contribution < 1.29 is 5.11 Å². The Morgan fingerprint density at radius 1 is 1.00 bits per heavy atom. The van der Waals surface area contributed by atoms with Gasteiger partial charge in [0.15, 0.2) is 0 Å². The Labute approximate surface area is 162 Å². The summed E-state index contributed by atoms with van der Waals surface area (Å²) in [6.45, 7) is 15.1. The molecule has 2 aromatic rings. The van der Waals surface area contributed by atoms with E-state index in [0.29, 0.717) is 0 Å². The summed E-state index contributed by atoms with van der Waals surface area (Å²) in [5.41, 5.74) is 5.56. The molecule has 3 heteroatoms. The van der Waals surface area contributed by atoms with E-state index in [1.165, 1.54) is 5.57 Å². The highest BCUT2D eigenvalue weighted by atomic mass is 16.3. The molecule has 0 fully saturated rings. The molecule has 0 amide bonds. The summed E-state index contributed by atoms with van der Waals surface area (Å²) in [5.74, 6) is 0. The van der Waals surface area contributed by atoms with Crippen LogP contribution in [-0.4, -0.2) is 21.9 Å². The molecule has 1 aliphatic carbocycles. The van der Waals surface area contributed by atoms with E-state index in [2.05, 4.69) is 59.5 Å². The molecule has 1 aromatic heterocycles. The van der Waals surface area contributed by atoms with Crippen LogP contribution in [0.2, 0.25) is 0 Å². The zero-order valence-electron chi connectivity index (χ0n) is 17.5. The van der Waals surface area contributed by atoms with Crippen LogP contribution in [0.4, 0.5) is 5.69 Å². The molecule has 142 valence electrons. The molecule has 1 N–H and O–H groups in total. The van der Waals surface area contributed by atoms with Gasteiger partial charge in [-0.1, -0.05) is 65.8 Å². The molecule has 0 bridgehead atoms. The van der Waals surface area contributed by atoms with Crippen molar-refractivity contribution in [2.24, 2.45) is 15.8 Å². The average molecular weight is 363 g/mol. The lowest BCUT2D eigenvalue weighted by Crippen LogP contribution is -2.35. The van der Waals surface area contributed by atoms with E-state index in [0.717, 1.165) is 33.4 Å². The molecule has 0 saturated carbocycles. The zero-order chi connectivity index (χ0) is 20.0. The van der Waals surface area contributed by atoms with E-state index < -0.39 is 6.10 Å². The molecule has 3 nitrogen and oxygen atoms in total. The van der Waals surface area contributed by atoms with E-state index in [1.807, 2.05) is 30.3 Å². The van der Waals surface area contributed by atoms with Gasteiger partial charge < -0.3 is 5.11 Å². The van der Waals surface area contributed by atoms with Crippen LogP contribution in [0.25, 0.3) is 10.9 Å². The minimum atomic E-state index is -0.706. The lowest BCUT2D eigenvalue weighted by atomic mass is 9.71. The second-order valence-electron chi connectivity index (χ2n) is 9.42. The van der Waals surface area contributed by atoms with Crippen molar-refractivity contribution in [3.05, 3.63) is 59.3 Å². The number of fused-ring (bicyclic) bond motifs is 1. The molecular weight excluding hydrogens is 332 g/mol. The molecule has 0 saturated heterocycles. The highest BCUT2D eigenvalue weighted by Crippen LogP contribution is 2.41. The zero-order valence-corrected chi connectivity index (χ0v) is 17.5. The summed E-state index contributed by atoms with van der Waals surface area (Å²) in [7, 11) is 0. The van der Waals surface area contributed by atoms with Gasteiger partial charge in [0, 0.05) is 5.39 Å². The Hall–Kier alpha value is -2.26. The fourth-order valence-corrected chi connectivity index (χ4v) is 3.64. The van der Waals surface area contributed by atoms with Gasteiger partial charge in [0.2, 0.25) is 0 Å². The number of aliphatic hydroxyl groups excluding tert-OH is 1. The van der Waals surface area contributed by atoms with Gasteiger partial charge in [-0.05, 0) is 46.6 Å². The molecule has 1 heterocycles. The maximum atomic E-state index is 11.1. The molecule has 27 heavy (non-hydrogen) atoms. The minimum Gasteiger partial charge on any atom is -0.382 e. The summed E-state index contributed by atoms with van der Waals surface area (Å²) in [6, 6.07) is 10.0. The summed E-state index contributed by atoms with van der Waals surface area (Å²) in [5, 5.41) is 12.2. The van der Waals surface area contributed by atoms with E-state index in [1.54, 1.807) is 6.20 Å². The second kappa shape index (κ2) is 6.72. The van der Waals surface area contributed by atoms with E-state index in [-0.39, 0.29) is 10.8 Å². The molecule has 1 unspecified atom stereocenters. The lowest BCUT2D eigenvalue weighted by Gasteiger charge is -2.36. The summed E-state index contributed by atoms with van der Waals surface area (Å²) >= 11 is 0. The Morgan fingerprint density at radius 2 is 1.67 bits per heavy atom. The first kappa shape index (κ1) is 19.5. The Kier molecular flexibility index (Phi) is 4.85. The second-order valence-corrected chi connectivity index (χ2v) is 9.42. The third-order valence-electron chi connectivity index (χ3n) is 5.14. The number of rotatable bonds is 1. The highest BCUT2D eigenvalue weighted by Gasteiger charge is 2.35. The van der Waals surface area contributed by atoms with Crippen LogP contribution in [0, 0.1) is 10.8 Å². The molecule has 0 radical (unpaired) electrons. The standard InChI is InChI=1S/C24H30N2O/c1-15-18(23(2,3)4)13-19(24(5,6)7)22(27)21(15)26-17-12-16-10-8-9-11-20(16)25-14-17/h8-14,22,27H,1-7H3. The van der Waals surface area contributed by atoms with Gasteiger partial charge in [0.1, 0.15) is 6.10 Å². The lowest BCUT2D eigenvalue weighted by molar-refractivity contribution is 0.243. The highest BCUT2D eigenvalue weighted by molar-refractivity contribution is 6.08. The molecule has 1 aliphatic rings. The Morgan fingerprint density at radius 3 is 2.30 bits per heavy atom. The normalized spacial score (nSPS) is 20.4. The van der Waals surface area contributed by atoms with Crippen LogP contribution >= 0.6 is 0 Å². The van der Waals surface area contributed by atoms with Gasteiger partial charge in [-0.2, -0.15) is 0 Å². The molecule has 3 rings (SSSR count). The maximum absolute atomic E-state index is 11.1. The fraction of sp³-hybridized carbons (Fsp3) is 0.417. The van der Waals surface area contributed by atoms with Crippen LogP contribution in [0.1, 0.15) is 48.5 Å². The van der Waals surface area contributed by atoms with Gasteiger partial charge in [0.25, 0.3) is 0 Å². The maximum Gasteiger partial charge on any atom is 0.118 e. The van der Waals surface area contributed by atoms with Crippen molar-refractivity contribution in [2.75, 3.05) is 0 Å². The largest absolute Gasteiger partial charge is 0.382 e. The predicted octanol–water partition coefficient (Wildman–Crippen LogP) is 6.02. The van der Waals surface area contributed by atoms with Gasteiger partial charge in [0.05, 0.1) is 23.1 Å². The Bertz CT molecular complexity index is 966. The average Bonchev–Trinajstić information content (AvgIpc) is 2.56. The first-order chi connectivity index (χ1) is 12.5. The van der Waals surface area contributed by atoms with Crippen molar-refractivity contribution in [3.8, 4) is 0 Å². The predicted molar refractivity (Wildman–Crippen MR) is 115 cm³/mol. The number of para-hydroxylation sites is 1. The number of benzene rings is 1. The topological polar surface area (TPSA) is 45.5 Å². The monoisotopic (exact) mass is 362 g/mol. The van der Waals surface area contributed by atoms with Gasteiger partial charge in [-0.3, -0.25) is 4.98 Å². The number of allylic oxidation sites excluding steroid dienone is 2. The minimum absolute atomic E-state index is 0.0247. The van der Waals surface area contributed by atoms with E-state index >= 15 is 0 Å². The van der Waals surface area contributed by atoms with Crippen LogP contribution in [0.15, 0.2) is 64.3 Å². The number of aliphatic imine (C=N–C) groups is 1. The van der Waals surface area contributed by atoms with E-state index in [4.69, 9.17) is 4.99 Å². The third kappa shape index (κ3) is 3.89. The quantitative estimate of drug-likeness (QED) is 0.674. The van der Waals surface area contributed by atoms with Crippen LogP contribution in [-0.2, 0) is 0 Å². The number of hydrogen-bond acceptors (Lipinski definition) is 3. The molecule has 1 atom stereocenters. The van der Waals surface area contributed by atoms with Crippen LogP contribution in [0.3, 0.4) is 0 Å². The summed E-state index contributed by atoms with van der Waals surface area (Å²) in [6.07, 6.45) is 3.25. The van der Waals surface area contributed by atoms with Crippen molar-refractivity contribution in [3.63, 3.8) is 0 Å². The molecule has 0 aliphatic heterocycles. The van der Waals surface area contributed by atoms with Crippen LogP contribution < -0.4 is 0 Å². The third-order valence-corrected chi connectivity index (χ3v) is 5.14. The first-order valence-electron chi connectivity index (χ1n) is 9.54. The van der Waals surface area contributed by atoms with Crippen molar-refractivity contribution >= 4 is 22.3 Å². The van der Waals surface area contributed by atoms with E-state index in [9.17, 15) is 5.11 Å². The van der Waals surface area contributed by atoms with Gasteiger partial charge in [-0.15, -0.1) is 0 Å². The molecular formula is C24H30N2O. The smallest absolute Gasteiger partial charge is 0.118 e. The SMILES string of the molecule is CC1=C(C(C)(C)C)C=C(C(C)(C)C)C(O)C1=Nc1cnc2ccccc2c1. The van der Waals surface area contributed by atoms with Crippen LogP contribution in [0.5, 0.6) is 0 Å². The molecule has 0 spiro atoms. The number of nitrogens with zero attached hydrogens (tertiary/aromatic N) is 2. The number of hydrogen-bond donors (Lipinski definition) is 1. The van der Waals surface area contributed by atoms with Crippen molar-refractivity contribution in [1.29, 1.82) is 0 Å². The number of aliphatic hydroxyl groups is 1. The Balaban J connectivity index is 2.18. The number of aromatic nitrogens is 1. The van der Waals surface area contributed by atoms with Crippen molar-refractivity contribution in [2.45, 2.75) is 54.6 Å². The molecule has 1 aromatic carbocycles. The summed E-state index contributed by atoms with van der Waals surface area (Å²) < 4.78 is 0. The fourth-order valence-electron chi connectivity index (χ4n) is 3.64. The first-order valence-corrected chi connectivity index (χ1v) is 9.54. The van der Waals surface area contributed by atoms with Gasteiger partial charge in [-0.25, -0.2) is 4.99 Å². The summed E-state index contributed by atoms with van der Waals surface area (Å²) in [4.78, 5) is 9.38. The van der Waals surface area contributed by atoms with Gasteiger partial charge >= 0.3 is 0 Å². The van der Waals surface area contributed by atoms with Crippen molar-refractivity contribution in [1.82, 2.24) is 4.98 Å².